The summed E-state index contributed by atoms with van der Waals surface area (Å²) < 4.78 is 5.54. The van der Waals surface area contributed by atoms with Crippen LogP contribution in [0.4, 0.5) is 0 Å². The zero-order valence-corrected chi connectivity index (χ0v) is 25.4. The highest BCUT2D eigenvalue weighted by molar-refractivity contribution is 5.69. The SMILES string of the molecule is CCCCCCCCCCCCCCCOC(=O)CCCC(CCCCCCC)CCCCCCC. The van der Waals surface area contributed by atoms with Gasteiger partial charge in [0.25, 0.3) is 0 Å². The highest BCUT2D eigenvalue weighted by Gasteiger charge is 2.11. The minimum absolute atomic E-state index is 0.0404. The smallest absolute Gasteiger partial charge is 0.305 e. The molecule has 0 spiro atoms. The Kier molecular flexibility index (Phi) is 30.2. The number of unbranched alkanes of at least 4 members (excludes halogenated alkanes) is 20. The van der Waals surface area contributed by atoms with Gasteiger partial charge >= 0.3 is 5.97 Å². The van der Waals surface area contributed by atoms with E-state index in [4.69, 9.17) is 4.74 Å². The molecule has 0 fully saturated rings. The largest absolute Gasteiger partial charge is 0.466 e. The van der Waals surface area contributed by atoms with Crippen molar-refractivity contribution in [1.29, 1.82) is 0 Å². The fourth-order valence-electron chi connectivity index (χ4n) is 5.42. The Morgan fingerprint density at radius 1 is 0.444 bits per heavy atom. The number of carbonyl (C=O) groups excluding carboxylic acids is 1. The van der Waals surface area contributed by atoms with E-state index in [2.05, 4.69) is 20.8 Å². The van der Waals surface area contributed by atoms with Crippen LogP contribution >= 0.6 is 0 Å². The molecular formula is C34H68O2. The molecule has 0 aliphatic heterocycles. The van der Waals surface area contributed by atoms with Crippen LogP contribution in [0.25, 0.3) is 0 Å². The average molecular weight is 509 g/mol. The summed E-state index contributed by atoms with van der Waals surface area (Å²) in [5.41, 5.74) is 0. The van der Waals surface area contributed by atoms with Gasteiger partial charge in [0.1, 0.15) is 0 Å². The highest BCUT2D eigenvalue weighted by atomic mass is 16.5. The number of ether oxygens (including phenoxy) is 1. The molecule has 2 heteroatoms. The maximum Gasteiger partial charge on any atom is 0.305 e. The second-order valence-corrected chi connectivity index (χ2v) is 11.6. The van der Waals surface area contributed by atoms with Gasteiger partial charge in [-0.1, -0.05) is 175 Å². The highest BCUT2D eigenvalue weighted by Crippen LogP contribution is 2.24. The molecular weight excluding hydrogens is 440 g/mol. The molecule has 0 atom stereocenters. The Balaban J connectivity index is 3.67. The van der Waals surface area contributed by atoms with E-state index in [-0.39, 0.29) is 5.97 Å². The Hall–Kier alpha value is -0.530. The van der Waals surface area contributed by atoms with E-state index in [1.54, 1.807) is 0 Å². The van der Waals surface area contributed by atoms with E-state index >= 15 is 0 Å². The van der Waals surface area contributed by atoms with E-state index in [1.165, 1.54) is 161 Å². The maximum absolute atomic E-state index is 12.2. The van der Waals surface area contributed by atoms with Gasteiger partial charge in [-0.2, -0.15) is 0 Å². The van der Waals surface area contributed by atoms with Gasteiger partial charge in [-0.15, -0.1) is 0 Å². The number of hydrogen-bond acceptors (Lipinski definition) is 2. The number of rotatable bonds is 30. The molecule has 0 unspecified atom stereocenters. The standard InChI is InChI=1S/C34H68O2/c1-4-7-10-13-14-15-16-17-18-19-20-23-26-32-36-34(35)31-27-30-33(28-24-21-11-8-5-2)29-25-22-12-9-6-3/h33H,4-32H2,1-3H3. The summed E-state index contributed by atoms with van der Waals surface area (Å²) in [4.78, 5) is 12.2. The van der Waals surface area contributed by atoms with E-state index in [9.17, 15) is 4.79 Å². The van der Waals surface area contributed by atoms with Crippen LogP contribution in [-0.4, -0.2) is 12.6 Å². The van der Waals surface area contributed by atoms with Crippen molar-refractivity contribution in [1.82, 2.24) is 0 Å². The Morgan fingerprint density at radius 2 is 0.778 bits per heavy atom. The first kappa shape index (κ1) is 35.5. The Labute approximate surface area is 228 Å². The van der Waals surface area contributed by atoms with Gasteiger partial charge in [0, 0.05) is 6.42 Å². The third-order valence-electron chi connectivity index (χ3n) is 7.94. The van der Waals surface area contributed by atoms with Gasteiger partial charge in [-0.05, 0) is 25.2 Å². The first-order valence-electron chi connectivity index (χ1n) is 16.9. The summed E-state index contributed by atoms with van der Waals surface area (Å²) in [6.45, 7) is 7.50. The Morgan fingerprint density at radius 3 is 1.19 bits per heavy atom. The molecule has 0 aliphatic rings. The quantitative estimate of drug-likeness (QED) is 0.0712. The molecule has 0 heterocycles. The summed E-state index contributed by atoms with van der Waals surface area (Å²) in [6, 6.07) is 0. The van der Waals surface area contributed by atoms with E-state index in [1.807, 2.05) is 0 Å². The molecule has 0 amide bonds. The zero-order valence-electron chi connectivity index (χ0n) is 25.4. The summed E-state index contributed by atoms with van der Waals surface area (Å²) in [6.07, 6.45) is 36.9. The lowest BCUT2D eigenvalue weighted by atomic mass is 9.90. The second kappa shape index (κ2) is 30.7. The van der Waals surface area contributed by atoms with Crippen LogP contribution < -0.4 is 0 Å². The number of carbonyl (C=O) groups is 1. The molecule has 0 bridgehead atoms. The molecule has 0 aliphatic carbocycles. The van der Waals surface area contributed by atoms with Crippen molar-refractivity contribution in [2.75, 3.05) is 6.61 Å². The molecule has 0 aromatic heterocycles. The minimum atomic E-state index is 0.0404. The van der Waals surface area contributed by atoms with Crippen LogP contribution in [0.3, 0.4) is 0 Å². The van der Waals surface area contributed by atoms with Crippen LogP contribution in [0.1, 0.15) is 201 Å². The average Bonchev–Trinajstić information content (AvgIpc) is 2.88. The van der Waals surface area contributed by atoms with Crippen molar-refractivity contribution < 1.29 is 9.53 Å². The molecule has 216 valence electrons. The van der Waals surface area contributed by atoms with Gasteiger partial charge < -0.3 is 4.74 Å². The molecule has 0 N–H and O–H groups in total. The number of hydrogen-bond donors (Lipinski definition) is 0. The van der Waals surface area contributed by atoms with E-state index < -0.39 is 0 Å². The lowest BCUT2D eigenvalue weighted by molar-refractivity contribution is -0.143. The summed E-state index contributed by atoms with van der Waals surface area (Å²) >= 11 is 0. The van der Waals surface area contributed by atoms with Gasteiger partial charge in [0.05, 0.1) is 6.61 Å². The molecule has 0 aromatic rings. The molecule has 0 saturated carbocycles. The third-order valence-corrected chi connectivity index (χ3v) is 7.94. The van der Waals surface area contributed by atoms with Gasteiger partial charge in [0.2, 0.25) is 0 Å². The topological polar surface area (TPSA) is 26.3 Å². The second-order valence-electron chi connectivity index (χ2n) is 11.6. The molecule has 36 heavy (non-hydrogen) atoms. The van der Waals surface area contributed by atoms with Gasteiger partial charge in [0.15, 0.2) is 0 Å². The van der Waals surface area contributed by atoms with E-state index in [0.29, 0.717) is 13.0 Å². The maximum atomic E-state index is 12.2. The molecule has 0 saturated heterocycles. The van der Waals surface area contributed by atoms with Gasteiger partial charge in [-0.25, -0.2) is 0 Å². The predicted molar refractivity (Wildman–Crippen MR) is 161 cm³/mol. The van der Waals surface area contributed by atoms with Crippen molar-refractivity contribution in [2.24, 2.45) is 5.92 Å². The fraction of sp³-hybridized carbons (Fsp3) is 0.971. The normalized spacial score (nSPS) is 11.4. The van der Waals surface area contributed by atoms with Crippen molar-refractivity contribution in [3.8, 4) is 0 Å². The molecule has 2 nitrogen and oxygen atoms in total. The Bertz CT molecular complexity index is 405. The monoisotopic (exact) mass is 509 g/mol. The summed E-state index contributed by atoms with van der Waals surface area (Å²) in [7, 11) is 0. The van der Waals surface area contributed by atoms with Crippen molar-refractivity contribution in [2.45, 2.75) is 201 Å². The van der Waals surface area contributed by atoms with Crippen LogP contribution in [0.5, 0.6) is 0 Å². The van der Waals surface area contributed by atoms with Gasteiger partial charge in [-0.3, -0.25) is 4.79 Å². The lowest BCUT2D eigenvalue weighted by Crippen LogP contribution is -2.08. The van der Waals surface area contributed by atoms with Crippen LogP contribution in [-0.2, 0) is 9.53 Å². The van der Waals surface area contributed by atoms with Crippen LogP contribution in [0, 0.1) is 5.92 Å². The lowest BCUT2D eigenvalue weighted by Gasteiger charge is -2.17. The van der Waals surface area contributed by atoms with Crippen LogP contribution in [0.15, 0.2) is 0 Å². The first-order chi connectivity index (χ1) is 17.7. The minimum Gasteiger partial charge on any atom is -0.466 e. The van der Waals surface area contributed by atoms with E-state index in [0.717, 1.165) is 18.8 Å². The number of esters is 1. The third kappa shape index (κ3) is 28.0. The fourth-order valence-corrected chi connectivity index (χ4v) is 5.42. The first-order valence-corrected chi connectivity index (χ1v) is 16.9. The summed E-state index contributed by atoms with van der Waals surface area (Å²) in [5.74, 6) is 0.862. The van der Waals surface area contributed by atoms with Crippen molar-refractivity contribution >= 4 is 5.97 Å². The molecule has 0 radical (unpaired) electrons. The van der Waals surface area contributed by atoms with Crippen molar-refractivity contribution in [3.63, 3.8) is 0 Å². The predicted octanol–water partition coefficient (Wildman–Crippen LogP) is 12.1. The zero-order chi connectivity index (χ0) is 26.4. The molecule has 0 rings (SSSR count). The van der Waals surface area contributed by atoms with Crippen LogP contribution in [0.2, 0.25) is 0 Å². The molecule has 0 aromatic carbocycles. The van der Waals surface area contributed by atoms with Crippen molar-refractivity contribution in [3.05, 3.63) is 0 Å². The summed E-state index contributed by atoms with van der Waals surface area (Å²) in [5, 5.41) is 0.